The Balaban J connectivity index is 3.57. The predicted octanol–water partition coefficient (Wildman–Crippen LogP) is 0.918. The topological polar surface area (TPSA) is 49.3 Å². The first-order valence-electron chi connectivity index (χ1n) is 4.49. The largest absolute Gasteiger partial charge is 0.379 e. The average molecular weight is 173 g/mol. The van der Waals surface area contributed by atoms with E-state index >= 15 is 0 Å². The Bertz CT molecular complexity index is 128. The molecule has 2 unspecified atom stereocenters. The van der Waals surface area contributed by atoms with Crippen LogP contribution in [0.3, 0.4) is 0 Å². The normalized spacial score (nSPS) is 18.3. The molecule has 0 aliphatic rings. The van der Waals surface area contributed by atoms with Crippen LogP contribution in [0.1, 0.15) is 33.6 Å². The molecule has 0 aromatic heterocycles. The van der Waals surface area contributed by atoms with Crippen molar-refractivity contribution in [2.24, 2.45) is 5.92 Å². The lowest BCUT2D eigenvalue weighted by Crippen LogP contribution is -2.38. The maximum atomic E-state index is 10.2. The predicted molar refractivity (Wildman–Crippen MR) is 48.7 cm³/mol. The van der Waals surface area contributed by atoms with Gasteiger partial charge >= 0.3 is 0 Å². The van der Waals surface area contributed by atoms with Crippen LogP contribution in [-0.2, 0) is 4.79 Å². The Morgan fingerprint density at radius 1 is 1.50 bits per heavy atom. The van der Waals surface area contributed by atoms with Crippen molar-refractivity contribution >= 4 is 6.29 Å². The average Bonchev–Trinajstić information content (AvgIpc) is 2.03. The van der Waals surface area contributed by atoms with E-state index in [1.807, 2.05) is 0 Å². The van der Waals surface area contributed by atoms with E-state index in [4.69, 9.17) is 0 Å². The van der Waals surface area contributed by atoms with Crippen LogP contribution in [0.2, 0.25) is 0 Å². The number of aliphatic hydroxyl groups excluding tert-OH is 1. The van der Waals surface area contributed by atoms with E-state index in [9.17, 15) is 9.90 Å². The first-order valence-corrected chi connectivity index (χ1v) is 4.49. The molecule has 3 atom stereocenters. The molecule has 0 saturated carbocycles. The lowest BCUT2D eigenvalue weighted by Gasteiger charge is -2.17. The molecule has 3 nitrogen and oxygen atoms in total. The Morgan fingerprint density at radius 2 is 2.08 bits per heavy atom. The summed E-state index contributed by atoms with van der Waals surface area (Å²) < 4.78 is 0. The molecule has 2 N–H and O–H groups in total. The summed E-state index contributed by atoms with van der Waals surface area (Å²) in [4.78, 5) is 10.2. The summed E-state index contributed by atoms with van der Waals surface area (Å²) in [5.41, 5.74) is 0. The van der Waals surface area contributed by atoms with Crippen molar-refractivity contribution in [2.75, 3.05) is 0 Å². The molecule has 0 aromatic carbocycles. The lowest BCUT2D eigenvalue weighted by molar-refractivity contribution is -0.110. The second-order valence-corrected chi connectivity index (χ2v) is 3.36. The second-order valence-electron chi connectivity index (χ2n) is 3.36. The van der Waals surface area contributed by atoms with Crippen molar-refractivity contribution in [1.82, 2.24) is 5.32 Å². The van der Waals surface area contributed by atoms with E-state index in [0.29, 0.717) is 12.3 Å². The molecular weight excluding hydrogens is 154 g/mol. The summed E-state index contributed by atoms with van der Waals surface area (Å²) >= 11 is 0. The number of aldehydes is 1. The highest BCUT2D eigenvalue weighted by Gasteiger charge is 2.10. The molecular formula is C9H19NO2. The van der Waals surface area contributed by atoms with Gasteiger partial charge in [-0.05, 0) is 19.3 Å². The van der Waals surface area contributed by atoms with Gasteiger partial charge in [-0.1, -0.05) is 20.3 Å². The van der Waals surface area contributed by atoms with Gasteiger partial charge in [-0.3, -0.25) is 5.32 Å². The number of carbonyl (C=O) groups excluding carboxylic acids is 1. The summed E-state index contributed by atoms with van der Waals surface area (Å²) in [5.74, 6) is 0.492. The van der Waals surface area contributed by atoms with Gasteiger partial charge in [-0.2, -0.15) is 0 Å². The molecule has 0 bridgehead atoms. The zero-order chi connectivity index (χ0) is 9.56. The Morgan fingerprint density at radius 3 is 2.50 bits per heavy atom. The molecule has 0 amide bonds. The molecule has 0 aliphatic heterocycles. The smallest absolute Gasteiger partial charge is 0.136 e. The molecule has 0 aromatic rings. The van der Waals surface area contributed by atoms with Gasteiger partial charge in [0.2, 0.25) is 0 Å². The number of nitrogens with one attached hydrogen (secondary N) is 1. The van der Waals surface area contributed by atoms with Gasteiger partial charge in [0, 0.05) is 0 Å². The summed E-state index contributed by atoms with van der Waals surface area (Å²) in [5, 5.41) is 12.2. The molecule has 12 heavy (non-hydrogen) atoms. The minimum absolute atomic E-state index is 0.260. The molecule has 0 saturated heterocycles. The summed E-state index contributed by atoms with van der Waals surface area (Å²) in [7, 11) is 0. The van der Waals surface area contributed by atoms with Gasteiger partial charge in [0.15, 0.2) is 0 Å². The third-order valence-electron chi connectivity index (χ3n) is 1.98. The molecule has 0 heterocycles. The number of aliphatic hydroxyl groups is 1. The Hall–Kier alpha value is -0.410. The van der Waals surface area contributed by atoms with Crippen LogP contribution in [0.5, 0.6) is 0 Å². The van der Waals surface area contributed by atoms with Crippen LogP contribution in [0.25, 0.3) is 0 Å². The van der Waals surface area contributed by atoms with E-state index in [1.54, 1.807) is 6.92 Å². The molecule has 0 radical (unpaired) electrons. The first-order chi connectivity index (χ1) is 5.60. The van der Waals surface area contributed by atoms with Crippen LogP contribution in [0.4, 0.5) is 0 Å². The lowest BCUT2D eigenvalue weighted by atomic mass is 10.0. The van der Waals surface area contributed by atoms with Crippen molar-refractivity contribution in [3.8, 4) is 0 Å². The first kappa shape index (κ1) is 11.6. The van der Waals surface area contributed by atoms with Crippen molar-refractivity contribution in [3.63, 3.8) is 0 Å². The highest BCUT2D eigenvalue weighted by molar-refractivity contribution is 5.56. The molecule has 0 spiro atoms. The van der Waals surface area contributed by atoms with Gasteiger partial charge in [-0.25, -0.2) is 0 Å². The fourth-order valence-electron chi connectivity index (χ4n) is 0.959. The zero-order valence-corrected chi connectivity index (χ0v) is 8.08. The molecule has 0 fully saturated rings. The third-order valence-corrected chi connectivity index (χ3v) is 1.98. The van der Waals surface area contributed by atoms with Crippen LogP contribution < -0.4 is 5.32 Å². The van der Waals surface area contributed by atoms with Crippen LogP contribution in [-0.4, -0.2) is 23.7 Å². The van der Waals surface area contributed by atoms with Gasteiger partial charge in [0.05, 0.1) is 6.04 Å². The highest BCUT2D eigenvalue weighted by atomic mass is 16.3. The number of hydrogen-bond donors (Lipinski definition) is 2. The van der Waals surface area contributed by atoms with E-state index in [0.717, 1.165) is 12.7 Å². The summed E-state index contributed by atoms with van der Waals surface area (Å²) in [6.07, 6.45) is 1.99. The number of hydrogen-bond acceptors (Lipinski definition) is 3. The fraction of sp³-hybridized carbons (Fsp3) is 0.889. The van der Waals surface area contributed by atoms with Crippen molar-refractivity contribution in [3.05, 3.63) is 0 Å². The minimum atomic E-state index is -0.555. The molecule has 0 rings (SSSR count). The van der Waals surface area contributed by atoms with Crippen LogP contribution >= 0.6 is 0 Å². The van der Waals surface area contributed by atoms with Crippen LogP contribution in [0.15, 0.2) is 0 Å². The maximum Gasteiger partial charge on any atom is 0.136 e. The second kappa shape index (κ2) is 6.14. The molecule has 0 aliphatic carbocycles. The van der Waals surface area contributed by atoms with Gasteiger partial charge < -0.3 is 9.90 Å². The fourth-order valence-corrected chi connectivity index (χ4v) is 0.959. The standard InChI is InChI=1S/C9H19NO2/c1-4-7(2)5-9(12)10-8(3)6-11/h6-10,12H,4-5H2,1-3H3/t7?,8-,9?/m0/s1. The molecule has 72 valence electrons. The minimum Gasteiger partial charge on any atom is -0.379 e. The van der Waals surface area contributed by atoms with E-state index in [1.165, 1.54) is 0 Å². The zero-order valence-electron chi connectivity index (χ0n) is 8.08. The van der Waals surface area contributed by atoms with Gasteiger partial charge in [-0.15, -0.1) is 0 Å². The van der Waals surface area contributed by atoms with Crippen molar-refractivity contribution < 1.29 is 9.90 Å². The van der Waals surface area contributed by atoms with Gasteiger partial charge in [0.25, 0.3) is 0 Å². The van der Waals surface area contributed by atoms with Gasteiger partial charge in [0.1, 0.15) is 12.5 Å². The Labute approximate surface area is 74.2 Å². The molecule has 3 heteroatoms. The SMILES string of the molecule is CCC(C)CC(O)N[C@@H](C)C=O. The van der Waals surface area contributed by atoms with Crippen molar-refractivity contribution in [1.29, 1.82) is 0 Å². The quantitative estimate of drug-likeness (QED) is 0.464. The van der Waals surface area contributed by atoms with Crippen molar-refractivity contribution in [2.45, 2.75) is 45.9 Å². The number of rotatable bonds is 6. The van der Waals surface area contributed by atoms with E-state index < -0.39 is 6.23 Å². The number of carbonyl (C=O) groups is 1. The Kier molecular flexibility index (Phi) is 5.93. The highest BCUT2D eigenvalue weighted by Crippen LogP contribution is 2.08. The van der Waals surface area contributed by atoms with E-state index in [2.05, 4.69) is 19.2 Å². The summed E-state index contributed by atoms with van der Waals surface area (Å²) in [6.45, 7) is 5.89. The van der Waals surface area contributed by atoms with E-state index in [-0.39, 0.29) is 6.04 Å². The monoisotopic (exact) mass is 173 g/mol. The van der Waals surface area contributed by atoms with Crippen LogP contribution in [0, 0.1) is 5.92 Å². The maximum absolute atomic E-state index is 10.2. The summed E-state index contributed by atoms with van der Waals surface area (Å²) in [6, 6.07) is -0.260. The third kappa shape index (κ3) is 5.27.